The van der Waals surface area contributed by atoms with Crippen molar-refractivity contribution in [1.29, 1.82) is 0 Å². The molecule has 9 heteroatoms. The van der Waals surface area contributed by atoms with Gasteiger partial charge in [-0.15, -0.1) is 0 Å². The molecule has 0 spiro atoms. The first-order valence-electron chi connectivity index (χ1n) is 5.79. The third kappa shape index (κ3) is 2.97. The highest BCUT2D eigenvalue weighted by Crippen LogP contribution is 2.26. The number of carboxylic acids is 1. The Balaban J connectivity index is 2.49. The summed E-state index contributed by atoms with van der Waals surface area (Å²) in [6.07, 6.45) is 2.79. The molecular formula is C12H13N3O5S. The number of anilines is 1. The van der Waals surface area contributed by atoms with Crippen molar-refractivity contribution in [2.75, 3.05) is 4.72 Å². The highest BCUT2D eigenvalue weighted by atomic mass is 32.2. The Bertz CT molecular complexity index is 810. The van der Waals surface area contributed by atoms with Gasteiger partial charge in [0, 0.05) is 13.2 Å². The van der Waals surface area contributed by atoms with Crippen LogP contribution in [0.2, 0.25) is 0 Å². The topological polar surface area (TPSA) is 122 Å². The lowest BCUT2D eigenvalue weighted by atomic mass is 10.1. The summed E-state index contributed by atoms with van der Waals surface area (Å²) in [6.45, 7) is 1.46. The Labute approximate surface area is 120 Å². The van der Waals surface area contributed by atoms with Gasteiger partial charge in [-0.3, -0.25) is 9.40 Å². The molecule has 0 fully saturated rings. The van der Waals surface area contributed by atoms with Crippen LogP contribution in [-0.4, -0.2) is 34.4 Å². The molecule has 0 aliphatic carbocycles. The number of sulfonamides is 1. The molecule has 0 aliphatic rings. The van der Waals surface area contributed by atoms with Gasteiger partial charge in [0.1, 0.15) is 11.3 Å². The number of aromatic hydroxyl groups is 1. The first-order valence-corrected chi connectivity index (χ1v) is 7.27. The van der Waals surface area contributed by atoms with Crippen molar-refractivity contribution in [2.45, 2.75) is 11.8 Å². The SMILES string of the molecule is Cc1cc(O)c(C(=O)O)cc1S(=O)(=O)Nc1cnn(C)c1. The van der Waals surface area contributed by atoms with Crippen LogP contribution in [0.3, 0.4) is 0 Å². The number of benzene rings is 1. The quantitative estimate of drug-likeness (QED) is 0.772. The summed E-state index contributed by atoms with van der Waals surface area (Å²) >= 11 is 0. The van der Waals surface area contributed by atoms with Crippen LogP contribution >= 0.6 is 0 Å². The molecule has 0 bridgehead atoms. The van der Waals surface area contributed by atoms with E-state index in [4.69, 9.17) is 5.11 Å². The summed E-state index contributed by atoms with van der Waals surface area (Å²) in [5, 5.41) is 22.3. The number of carbonyl (C=O) groups is 1. The Hall–Kier alpha value is -2.55. The van der Waals surface area contributed by atoms with Crippen LogP contribution in [0.25, 0.3) is 0 Å². The third-order valence-corrected chi connectivity index (χ3v) is 4.29. The number of hydrogen-bond donors (Lipinski definition) is 3. The fraction of sp³-hybridized carbons (Fsp3) is 0.167. The summed E-state index contributed by atoms with van der Waals surface area (Å²) in [6, 6.07) is 2.02. The lowest BCUT2D eigenvalue weighted by Crippen LogP contribution is -2.15. The summed E-state index contributed by atoms with van der Waals surface area (Å²) in [5.74, 6) is -1.90. The Morgan fingerprint density at radius 1 is 1.38 bits per heavy atom. The Morgan fingerprint density at radius 3 is 2.57 bits per heavy atom. The van der Waals surface area contributed by atoms with Crippen molar-refractivity contribution >= 4 is 21.7 Å². The molecule has 21 heavy (non-hydrogen) atoms. The van der Waals surface area contributed by atoms with Gasteiger partial charge in [0.05, 0.1) is 16.8 Å². The summed E-state index contributed by atoms with van der Waals surface area (Å²) in [7, 11) is -2.35. The van der Waals surface area contributed by atoms with Crippen LogP contribution in [0.1, 0.15) is 15.9 Å². The number of aryl methyl sites for hydroxylation is 2. The number of aromatic nitrogens is 2. The highest BCUT2D eigenvalue weighted by molar-refractivity contribution is 7.92. The predicted molar refractivity (Wildman–Crippen MR) is 73.8 cm³/mol. The van der Waals surface area contributed by atoms with E-state index in [-0.39, 0.29) is 16.1 Å². The second kappa shape index (κ2) is 5.09. The molecule has 0 unspecified atom stereocenters. The van der Waals surface area contributed by atoms with Crippen molar-refractivity contribution in [3.63, 3.8) is 0 Å². The normalized spacial score (nSPS) is 11.3. The monoisotopic (exact) mass is 311 g/mol. The van der Waals surface area contributed by atoms with Gasteiger partial charge in [0.2, 0.25) is 0 Å². The van der Waals surface area contributed by atoms with Gasteiger partial charge < -0.3 is 10.2 Å². The van der Waals surface area contributed by atoms with Gasteiger partial charge in [-0.1, -0.05) is 0 Å². The summed E-state index contributed by atoms with van der Waals surface area (Å²) in [5.41, 5.74) is 0.00269. The van der Waals surface area contributed by atoms with E-state index in [2.05, 4.69) is 9.82 Å². The third-order valence-electron chi connectivity index (χ3n) is 2.77. The first-order chi connectivity index (χ1) is 9.70. The minimum absolute atomic E-state index is 0.221. The summed E-state index contributed by atoms with van der Waals surface area (Å²) in [4.78, 5) is 10.8. The van der Waals surface area contributed by atoms with Crippen molar-refractivity contribution < 1.29 is 23.4 Å². The van der Waals surface area contributed by atoms with Crippen molar-refractivity contribution in [3.8, 4) is 5.75 Å². The van der Waals surface area contributed by atoms with Gasteiger partial charge in [0.25, 0.3) is 10.0 Å². The molecule has 2 rings (SSSR count). The van der Waals surface area contributed by atoms with Crippen molar-refractivity contribution in [3.05, 3.63) is 35.7 Å². The molecule has 3 N–H and O–H groups in total. The maximum Gasteiger partial charge on any atom is 0.339 e. The molecule has 0 atom stereocenters. The molecule has 1 aromatic carbocycles. The Morgan fingerprint density at radius 2 is 2.05 bits per heavy atom. The minimum atomic E-state index is -3.98. The molecule has 0 amide bonds. The molecule has 2 aromatic rings. The van der Waals surface area contributed by atoms with Crippen LogP contribution < -0.4 is 4.72 Å². The van der Waals surface area contributed by atoms with Crippen molar-refractivity contribution in [2.24, 2.45) is 7.05 Å². The molecule has 112 valence electrons. The summed E-state index contributed by atoms with van der Waals surface area (Å²) < 4.78 is 28.3. The average molecular weight is 311 g/mol. The van der Waals surface area contributed by atoms with Gasteiger partial charge >= 0.3 is 5.97 Å². The van der Waals surface area contributed by atoms with Crippen LogP contribution in [-0.2, 0) is 17.1 Å². The van der Waals surface area contributed by atoms with Gasteiger partial charge in [-0.25, -0.2) is 13.2 Å². The molecular weight excluding hydrogens is 298 g/mol. The highest BCUT2D eigenvalue weighted by Gasteiger charge is 2.22. The zero-order valence-electron chi connectivity index (χ0n) is 11.2. The average Bonchev–Trinajstić information content (AvgIpc) is 2.72. The maximum atomic E-state index is 12.3. The van der Waals surface area contributed by atoms with E-state index < -0.39 is 27.3 Å². The molecule has 8 nitrogen and oxygen atoms in total. The molecule has 1 aromatic heterocycles. The van der Waals surface area contributed by atoms with Gasteiger partial charge in [0.15, 0.2) is 0 Å². The standard InChI is InChI=1S/C12H13N3O5S/c1-7-3-10(16)9(12(17)18)4-11(7)21(19,20)14-8-5-13-15(2)6-8/h3-6,14,16H,1-2H3,(H,17,18). The van der Waals surface area contributed by atoms with Crippen LogP contribution in [0.4, 0.5) is 5.69 Å². The van der Waals surface area contributed by atoms with Crippen LogP contribution in [0.5, 0.6) is 5.75 Å². The van der Waals surface area contributed by atoms with E-state index in [9.17, 15) is 18.3 Å². The number of nitrogens with zero attached hydrogens (tertiary/aromatic N) is 2. The van der Waals surface area contributed by atoms with E-state index in [0.717, 1.165) is 12.1 Å². The second-order valence-corrected chi connectivity index (χ2v) is 6.10. The number of hydrogen-bond acceptors (Lipinski definition) is 5. The fourth-order valence-electron chi connectivity index (χ4n) is 1.82. The largest absolute Gasteiger partial charge is 0.507 e. The van der Waals surface area contributed by atoms with E-state index >= 15 is 0 Å². The predicted octanol–water partition coefficient (Wildman–Crippen LogP) is 0.933. The smallest absolute Gasteiger partial charge is 0.339 e. The zero-order chi connectivity index (χ0) is 15.8. The lowest BCUT2D eigenvalue weighted by molar-refractivity contribution is 0.0693. The fourth-order valence-corrected chi connectivity index (χ4v) is 3.10. The van der Waals surface area contributed by atoms with E-state index in [0.29, 0.717) is 0 Å². The van der Waals surface area contributed by atoms with Crippen LogP contribution in [0, 0.1) is 6.92 Å². The molecule has 0 saturated carbocycles. The minimum Gasteiger partial charge on any atom is -0.507 e. The Kier molecular flexibility index (Phi) is 3.60. The first kappa shape index (κ1) is 14.9. The molecule has 0 saturated heterocycles. The second-order valence-electron chi connectivity index (χ2n) is 4.45. The number of aromatic carboxylic acids is 1. The number of phenols is 1. The van der Waals surface area contributed by atoms with E-state index in [1.807, 2.05) is 0 Å². The van der Waals surface area contributed by atoms with Crippen molar-refractivity contribution in [1.82, 2.24) is 9.78 Å². The van der Waals surface area contributed by atoms with Gasteiger partial charge in [-0.05, 0) is 24.6 Å². The van der Waals surface area contributed by atoms with Crippen LogP contribution in [0.15, 0.2) is 29.4 Å². The number of nitrogens with one attached hydrogen (secondary N) is 1. The van der Waals surface area contributed by atoms with E-state index in [1.165, 1.54) is 24.0 Å². The molecule has 0 aliphatic heterocycles. The lowest BCUT2D eigenvalue weighted by Gasteiger charge is -2.10. The number of rotatable bonds is 4. The zero-order valence-corrected chi connectivity index (χ0v) is 12.0. The molecule has 1 heterocycles. The van der Waals surface area contributed by atoms with Gasteiger partial charge in [-0.2, -0.15) is 5.10 Å². The maximum absolute atomic E-state index is 12.3. The molecule has 0 radical (unpaired) electrons. The number of carboxylic acid groups (broad SMARTS) is 1. The van der Waals surface area contributed by atoms with E-state index in [1.54, 1.807) is 7.05 Å².